The molecule has 0 amide bonds. The molecule has 1 N–H and O–H groups in total. The number of benzene rings is 2. The molecule has 0 spiro atoms. The first kappa shape index (κ1) is 15.4. The van der Waals surface area contributed by atoms with E-state index in [0.29, 0.717) is 16.7 Å². The van der Waals surface area contributed by atoms with E-state index in [9.17, 15) is 18.0 Å². The van der Waals surface area contributed by atoms with E-state index >= 15 is 0 Å². The van der Waals surface area contributed by atoms with Crippen LogP contribution in [0.3, 0.4) is 0 Å². The standard InChI is InChI=1S/C15H10ClF3O2/c16-13-8-10(15(17,18)19)5-6-12(13)11-4-2-1-3-9(11)7-14(20)21/h1-6,8H,7H2,(H,20,21). The van der Waals surface area contributed by atoms with Crippen molar-refractivity contribution in [2.75, 3.05) is 0 Å². The van der Waals surface area contributed by atoms with Gasteiger partial charge >= 0.3 is 12.1 Å². The van der Waals surface area contributed by atoms with E-state index in [-0.39, 0.29) is 11.4 Å². The maximum absolute atomic E-state index is 12.6. The summed E-state index contributed by atoms with van der Waals surface area (Å²) in [5.41, 5.74) is 0.541. The van der Waals surface area contributed by atoms with Gasteiger partial charge in [0.25, 0.3) is 0 Å². The Labute approximate surface area is 123 Å². The molecule has 0 aromatic heterocycles. The summed E-state index contributed by atoms with van der Waals surface area (Å²) in [5, 5.41) is 8.81. The zero-order chi connectivity index (χ0) is 15.6. The Hall–Kier alpha value is -2.01. The molecule has 0 saturated carbocycles. The molecule has 2 aromatic carbocycles. The van der Waals surface area contributed by atoms with Crippen LogP contribution in [0.2, 0.25) is 5.02 Å². The summed E-state index contributed by atoms with van der Waals surface area (Å²) in [7, 11) is 0. The third kappa shape index (κ3) is 3.55. The van der Waals surface area contributed by atoms with Crippen LogP contribution in [0.5, 0.6) is 0 Å². The molecule has 0 atom stereocenters. The minimum absolute atomic E-state index is 0.0670. The van der Waals surface area contributed by atoms with Crippen LogP contribution < -0.4 is 0 Å². The third-order valence-corrected chi connectivity index (χ3v) is 3.26. The zero-order valence-corrected chi connectivity index (χ0v) is 11.4. The summed E-state index contributed by atoms with van der Waals surface area (Å²) < 4.78 is 37.9. The molecule has 2 rings (SSSR count). The van der Waals surface area contributed by atoms with Gasteiger partial charge in [0, 0.05) is 10.6 Å². The van der Waals surface area contributed by atoms with E-state index in [2.05, 4.69) is 0 Å². The van der Waals surface area contributed by atoms with Gasteiger partial charge in [-0.05, 0) is 23.3 Å². The summed E-state index contributed by atoms with van der Waals surface area (Å²) in [6, 6.07) is 9.61. The van der Waals surface area contributed by atoms with Gasteiger partial charge in [-0.25, -0.2) is 0 Å². The molecule has 0 aliphatic carbocycles. The zero-order valence-electron chi connectivity index (χ0n) is 10.6. The number of hydrogen-bond donors (Lipinski definition) is 1. The first-order valence-corrected chi connectivity index (χ1v) is 6.33. The Morgan fingerprint density at radius 2 is 1.76 bits per heavy atom. The number of carboxylic acids is 1. The lowest BCUT2D eigenvalue weighted by molar-refractivity contribution is -0.138. The van der Waals surface area contributed by atoms with E-state index in [1.54, 1.807) is 24.3 Å². The number of halogens is 4. The molecular weight excluding hydrogens is 305 g/mol. The quantitative estimate of drug-likeness (QED) is 0.895. The lowest BCUT2D eigenvalue weighted by atomic mass is 9.97. The summed E-state index contributed by atoms with van der Waals surface area (Å²) in [6.07, 6.45) is -4.70. The lowest BCUT2D eigenvalue weighted by Gasteiger charge is -2.12. The second-order valence-corrected chi connectivity index (χ2v) is 4.83. The predicted molar refractivity (Wildman–Crippen MR) is 73.2 cm³/mol. The molecule has 2 aromatic rings. The average molecular weight is 315 g/mol. The summed E-state index contributed by atoms with van der Waals surface area (Å²) in [4.78, 5) is 10.8. The van der Waals surface area contributed by atoms with Gasteiger partial charge in [-0.2, -0.15) is 13.2 Å². The number of aliphatic carboxylic acids is 1. The molecule has 0 bridgehead atoms. The Balaban J connectivity index is 2.50. The topological polar surface area (TPSA) is 37.3 Å². The van der Waals surface area contributed by atoms with Crippen molar-refractivity contribution in [2.45, 2.75) is 12.6 Å². The van der Waals surface area contributed by atoms with Gasteiger partial charge in [-0.1, -0.05) is 41.9 Å². The minimum Gasteiger partial charge on any atom is -0.481 e. The van der Waals surface area contributed by atoms with Crippen molar-refractivity contribution < 1.29 is 23.1 Å². The fraction of sp³-hybridized carbons (Fsp3) is 0.133. The molecule has 0 radical (unpaired) electrons. The van der Waals surface area contributed by atoms with Crippen molar-refractivity contribution in [1.82, 2.24) is 0 Å². The first-order chi connectivity index (χ1) is 9.79. The third-order valence-electron chi connectivity index (χ3n) is 2.95. The normalized spacial score (nSPS) is 11.4. The molecule has 6 heteroatoms. The maximum Gasteiger partial charge on any atom is 0.416 e. The van der Waals surface area contributed by atoms with Gasteiger partial charge in [-0.3, -0.25) is 4.79 Å². The molecule has 0 heterocycles. The number of carbonyl (C=O) groups is 1. The van der Waals surface area contributed by atoms with Crippen LogP contribution in [-0.4, -0.2) is 11.1 Å². The smallest absolute Gasteiger partial charge is 0.416 e. The number of rotatable bonds is 3. The second-order valence-electron chi connectivity index (χ2n) is 4.42. The van der Waals surface area contributed by atoms with Crippen LogP contribution in [0.4, 0.5) is 13.2 Å². The summed E-state index contributed by atoms with van der Waals surface area (Å²) >= 11 is 5.93. The maximum atomic E-state index is 12.6. The first-order valence-electron chi connectivity index (χ1n) is 5.96. The van der Waals surface area contributed by atoms with Crippen LogP contribution in [0.1, 0.15) is 11.1 Å². The number of alkyl halides is 3. The second kappa shape index (κ2) is 5.77. The predicted octanol–water partition coefficient (Wildman–Crippen LogP) is 4.65. The fourth-order valence-corrected chi connectivity index (χ4v) is 2.29. The lowest BCUT2D eigenvalue weighted by Crippen LogP contribution is -2.05. The van der Waals surface area contributed by atoms with Crippen molar-refractivity contribution in [3.63, 3.8) is 0 Å². The Bertz CT molecular complexity index is 681. The van der Waals surface area contributed by atoms with Crippen LogP contribution >= 0.6 is 11.6 Å². The van der Waals surface area contributed by atoms with Crippen LogP contribution in [0.25, 0.3) is 11.1 Å². The SMILES string of the molecule is O=C(O)Cc1ccccc1-c1ccc(C(F)(F)F)cc1Cl. The average Bonchev–Trinajstić information content (AvgIpc) is 2.38. The molecule has 0 aliphatic rings. The van der Waals surface area contributed by atoms with E-state index in [1.165, 1.54) is 6.07 Å². The van der Waals surface area contributed by atoms with Gasteiger partial charge in [0.15, 0.2) is 0 Å². The molecule has 21 heavy (non-hydrogen) atoms. The van der Waals surface area contributed by atoms with Gasteiger partial charge < -0.3 is 5.11 Å². The summed E-state index contributed by atoms with van der Waals surface area (Å²) in [6.45, 7) is 0. The molecular formula is C15H10ClF3O2. The van der Waals surface area contributed by atoms with E-state index in [4.69, 9.17) is 16.7 Å². The highest BCUT2D eigenvalue weighted by Crippen LogP contribution is 2.36. The minimum atomic E-state index is -4.47. The van der Waals surface area contributed by atoms with Crippen LogP contribution in [0.15, 0.2) is 42.5 Å². The van der Waals surface area contributed by atoms with E-state index in [0.717, 1.165) is 12.1 Å². The van der Waals surface area contributed by atoms with E-state index in [1.807, 2.05) is 0 Å². The van der Waals surface area contributed by atoms with Gasteiger partial charge in [0.2, 0.25) is 0 Å². The molecule has 2 nitrogen and oxygen atoms in total. The number of hydrogen-bond acceptors (Lipinski definition) is 1. The monoisotopic (exact) mass is 314 g/mol. The Kier molecular flexibility index (Phi) is 4.23. The van der Waals surface area contributed by atoms with Crippen LogP contribution in [0, 0.1) is 0 Å². The van der Waals surface area contributed by atoms with Crippen molar-refractivity contribution in [1.29, 1.82) is 0 Å². The Morgan fingerprint density at radius 1 is 1.10 bits per heavy atom. The van der Waals surface area contributed by atoms with Crippen molar-refractivity contribution in [3.05, 3.63) is 58.6 Å². The van der Waals surface area contributed by atoms with Crippen molar-refractivity contribution >= 4 is 17.6 Å². The van der Waals surface area contributed by atoms with Crippen LogP contribution in [-0.2, 0) is 17.4 Å². The highest BCUT2D eigenvalue weighted by Gasteiger charge is 2.31. The summed E-state index contributed by atoms with van der Waals surface area (Å²) in [5.74, 6) is -1.02. The molecule has 0 aliphatic heterocycles. The van der Waals surface area contributed by atoms with Crippen molar-refractivity contribution in [3.8, 4) is 11.1 Å². The fourth-order valence-electron chi connectivity index (χ4n) is 2.01. The van der Waals surface area contributed by atoms with Gasteiger partial charge in [0.05, 0.1) is 12.0 Å². The highest BCUT2D eigenvalue weighted by atomic mass is 35.5. The molecule has 0 saturated heterocycles. The molecule has 110 valence electrons. The molecule has 0 fully saturated rings. The highest BCUT2D eigenvalue weighted by molar-refractivity contribution is 6.33. The molecule has 0 unspecified atom stereocenters. The van der Waals surface area contributed by atoms with E-state index < -0.39 is 17.7 Å². The van der Waals surface area contributed by atoms with Gasteiger partial charge in [0.1, 0.15) is 0 Å². The largest absolute Gasteiger partial charge is 0.481 e. The Morgan fingerprint density at radius 3 is 2.33 bits per heavy atom. The number of carboxylic acid groups (broad SMARTS) is 1. The van der Waals surface area contributed by atoms with Gasteiger partial charge in [-0.15, -0.1) is 0 Å². The van der Waals surface area contributed by atoms with Crippen molar-refractivity contribution in [2.24, 2.45) is 0 Å².